The summed E-state index contributed by atoms with van der Waals surface area (Å²) in [7, 11) is 3.33. The molecule has 0 aliphatic carbocycles. The zero-order valence-electron chi connectivity index (χ0n) is 17.2. The Labute approximate surface area is 167 Å². The maximum Gasteiger partial charge on any atom is 0.161 e. The fraction of sp³-hybridized carbons (Fsp3) is 0.478. The van der Waals surface area contributed by atoms with E-state index < -0.39 is 6.10 Å². The Morgan fingerprint density at radius 3 is 2.39 bits per heavy atom. The quantitative estimate of drug-likeness (QED) is 0.754. The van der Waals surface area contributed by atoms with Crippen molar-refractivity contribution in [3.05, 3.63) is 59.2 Å². The molecule has 2 unspecified atom stereocenters. The predicted octanol–water partition coefficient (Wildman–Crippen LogP) is 3.44. The van der Waals surface area contributed by atoms with E-state index in [4.69, 9.17) is 14.2 Å². The number of nitrogens with zero attached hydrogens (tertiary/aromatic N) is 1. The highest BCUT2D eigenvalue weighted by Crippen LogP contribution is 2.40. The van der Waals surface area contributed by atoms with Gasteiger partial charge in [0.15, 0.2) is 11.5 Å². The summed E-state index contributed by atoms with van der Waals surface area (Å²) in [5.41, 5.74) is 3.66. The first-order chi connectivity index (χ1) is 13.5. The number of aliphatic hydroxyl groups is 1. The van der Waals surface area contributed by atoms with Crippen LogP contribution in [-0.4, -0.2) is 56.1 Å². The van der Waals surface area contributed by atoms with Crippen LogP contribution in [0.2, 0.25) is 0 Å². The van der Waals surface area contributed by atoms with Gasteiger partial charge in [-0.1, -0.05) is 30.3 Å². The van der Waals surface area contributed by atoms with Crippen molar-refractivity contribution in [1.29, 1.82) is 0 Å². The Morgan fingerprint density at radius 1 is 1.07 bits per heavy atom. The molecule has 1 heterocycles. The lowest BCUT2D eigenvalue weighted by Crippen LogP contribution is -2.42. The lowest BCUT2D eigenvalue weighted by Gasteiger charge is -2.39. The molecule has 0 saturated heterocycles. The lowest BCUT2D eigenvalue weighted by atomic mass is 9.87. The summed E-state index contributed by atoms with van der Waals surface area (Å²) in [4.78, 5) is 2.33. The van der Waals surface area contributed by atoms with Gasteiger partial charge in [0, 0.05) is 13.1 Å². The van der Waals surface area contributed by atoms with Crippen LogP contribution in [0.5, 0.6) is 11.5 Å². The minimum atomic E-state index is -0.532. The molecule has 0 aromatic heterocycles. The Balaban J connectivity index is 1.94. The van der Waals surface area contributed by atoms with E-state index in [1.165, 1.54) is 16.7 Å². The fourth-order valence-corrected chi connectivity index (χ4v) is 3.85. The van der Waals surface area contributed by atoms with Crippen molar-refractivity contribution >= 4 is 0 Å². The van der Waals surface area contributed by atoms with Gasteiger partial charge in [-0.05, 0) is 49.1 Å². The summed E-state index contributed by atoms with van der Waals surface area (Å²) >= 11 is 0. The third-order valence-electron chi connectivity index (χ3n) is 5.16. The zero-order valence-corrected chi connectivity index (χ0v) is 17.2. The number of benzene rings is 2. The first kappa shape index (κ1) is 20.6. The van der Waals surface area contributed by atoms with Gasteiger partial charge in [-0.2, -0.15) is 0 Å². The van der Waals surface area contributed by atoms with Crippen molar-refractivity contribution < 1.29 is 19.3 Å². The van der Waals surface area contributed by atoms with Gasteiger partial charge >= 0.3 is 0 Å². The SMILES string of the molecule is COc1cc2c(cc1OC)C(c1ccccc1)N(CC(O)COC(C)C)CC2. The topological polar surface area (TPSA) is 51.2 Å². The number of fused-ring (bicyclic) bond motifs is 1. The molecule has 2 aromatic carbocycles. The standard InChI is InChI=1S/C23H31NO4/c1-16(2)28-15-19(25)14-24-11-10-18-12-21(26-3)22(27-4)13-20(18)23(24)17-8-6-5-7-9-17/h5-9,12-13,16,19,23,25H,10-11,14-15H2,1-4H3. The second kappa shape index (κ2) is 9.41. The van der Waals surface area contributed by atoms with E-state index >= 15 is 0 Å². The van der Waals surface area contributed by atoms with E-state index in [0.29, 0.717) is 13.2 Å². The van der Waals surface area contributed by atoms with Gasteiger partial charge < -0.3 is 19.3 Å². The molecule has 28 heavy (non-hydrogen) atoms. The van der Waals surface area contributed by atoms with Crippen LogP contribution in [0.25, 0.3) is 0 Å². The van der Waals surface area contributed by atoms with Crippen LogP contribution < -0.4 is 9.47 Å². The third kappa shape index (κ3) is 4.66. The Bertz CT molecular complexity index is 763. The smallest absolute Gasteiger partial charge is 0.161 e. The van der Waals surface area contributed by atoms with Crippen LogP contribution in [0.15, 0.2) is 42.5 Å². The average Bonchev–Trinajstić information content (AvgIpc) is 2.71. The molecule has 0 fully saturated rings. The summed E-state index contributed by atoms with van der Waals surface area (Å²) in [6.07, 6.45) is 0.477. The molecule has 152 valence electrons. The van der Waals surface area contributed by atoms with Gasteiger partial charge in [0.05, 0.1) is 39.1 Å². The van der Waals surface area contributed by atoms with Crippen molar-refractivity contribution in [2.24, 2.45) is 0 Å². The molecular weight excluding hydrogens is 354 g/mol. The first-order valence-corrected chi connectivity index (χ1v) is 9.87. The summed E-state index contributed by atoms with van der Waals surface area (Å²) in [5, 5.41) is 10.5. The number of methoxy groups -OCH3 is 2. The third-order valence-corrected chi connectivity index (χ3v) is 5.16. The number of β-amino-alcohol motifs (C(OH)–C–C–N with tert-alkyl or cyclic N) is 1. The van der Waals surface area contributed by atoms with E-state index in [0.717, 1.165) is 24.5 Å². The number of hydrogen-bond donors (Lipinski definition) is 1. The van der Waals surface area contributed by atoms with Crippen molar-refractivity contribution in [2.75, 3.05) is 33.9 Å². The van der Waals surface area contributed by atoms with Gasteiger partial charge in [0.25, 0.3) is 0 Å². The van der Waals surface area contributed by atoms with Crippen LogP contribution in [0.4, 0.5) is 0 Å². The Hall–Kier alpha value is -2.08. The van der Waals surface area contributed by atoms with Gasteiger partial charge in [0.2, 0.25) is 0 Å². The van der Waals surface area contributed by atoms with Crippen LogP contribution in [0.1, 0.15) is 36.6 Å². The van der Waals surface area contributed by atoms with E-state index in [9.17, 15) is 5.11 Å². The largest absolute Gasteiger partial charge is 0.493 e. The molecule has 1 aliphatic heterocycles. The van der Waals surface area contributed by atoms with Crippen LogP contribution in [-0.2, 0) is 11.2 Å². The number of aliphatic hydroxyl groups excluding tert-OH is 1. The highest BCUT2D eigenvalue weighted by Gasteiger charge is 2.31. The van der Waals surface area contributed by atoms with Crippen molar-refractivity contribution in [3.63, 3.8) is 0 Å². The van der Waals surface area contributed by atoms with Crippen molar-refractivity contribution in [3.8, 4) is 11.5 Å². The second-order valence-corrected chi connectivity index (χ2v) is 7.50. The van der Waals surface area contributed by atoms with E-state index in [1.54, 1.807) is 14.2 Å². The summed E-state index contributed by atoms with van der Waals surface area (Å²) in [6, 6.07) is 14.6. The van der Waals surface area contributed by atoms with Gasteiger partial charge in [-0.3, -0.25) is 4.90 Å². The second-order valence-electron chi connectivity index (χ2n) is 7.50. The van der Waals surface area contributed by atoms with E-state index in [-0.39, 0.29) is 12.1 Å². The van der Waals surface area contributed by atoms with Gasteiger partial charge in [-0.15, -0.1) is 0 Å². The van der Waals surface area contributed by atoms with Crippen LogP contribution >= 0.6 is 0 Å². The lowest BCUT2D eigenvalue weighted by molar-refractivity contribution is -0.0131. The molecule has 2 atom stereocenters. The van der Waals surface area contributed by atoms with E-state index in [1.807, 2.05) is 19.9 Å². The predicted molar refractivity (Wildman–Crippen MR) is 110 cm³/mol. The molecule has 0 saturated carbocycles. The normalized spacial score (nSPS) is 18.0. The molecule has 0 bridgehead atoms. The monoisotopic (exact) mass is 385 g/mol. The molecule has 1 aliphatic rings. The van der Waals surface area contributed by atoms with E-state index in [2.05, 4.69) is 41.3 Å². The maximum absolute atomic E-state index is 10.5. The number of hydrogen-bond acceptors (Lipinski definition) is 5. The molecule has 0 amide bonds. The molecular formula is C23H31NO4. The Kier molecular flexibility index (Phi) is 6.94. The highest BCUT2D eigenvalue weighted by molar-refractivity contribution is 5.51. The fourth-order valence-electron chi connectivity index (χ4n) is 3.85. The van der Waals surface area contributed by atoms with Gasteiger partial charge in [0.1, 0.15) is 0 Å². The number of ether oxygens (including phenoxy) is 3. The van der Waals surface area contributed by atoms with Crippen LogP contribution in [0.3, 0.4) is 0 Å². The number of rotatable bonds is 8. The Morgan fingerprint density at radius 2 is 1.75 bits per heavy atom. The molecule has 2 aromatic rings. The van der Waals surface area contributed by atoms with Crippen molar-refractivity contribution in [1.82, 2.24) is 4.90 Å². The van der Waals surface area contributed by atoms with Crippen LogP contribution in [0, 0.1) is 0 Å². The first-order valence-electron chi connectivity index (χ1n) is 9.87. The summed E-state index contributed by atoms with van der Waals surface area (Å²) < 4.78 is 16.7. The molecule has 0 radical (unpaired) electrons. The molecule has 0 spiro atoms. The molecule has 5 nitrogen and oxygen atoms in total. The average molecular weight is 386 g/mol. The summed E-state index contributed by atoms with van der Waals surface area (Å²) in [6.45, 7) is 5.72. The summed E-state index contributed by atoms with van der Waals surface area (Å²) in [5.74, 6) is 1.49. The maximum atomic E-state index is 10.5. The van der Waals surface area contributed by atoms with Gasteiger partial charge in [-0.25, -0.2) is 0 Å². The molecule has 1 N–H and O–H groups in total. The highest BCUT2D eigenvalue weighted by atomic mass is 16.5. The molecule has 3 rings (SSSR count). The minimum Gasteiger partial charge on any atom is -0.493 e. The molecule has 5 heteroatoms. The zero-order chi connectivity index (χ0) is 20.1. The minimum absolute atomic E-state index is 0.0541. The van der Waals surface area contributed by atoms with Crippen molar-refractivity contribution in [2.45, 2.75) is 38.5 Å².